The van der Waals surface area contributed by atoms with Gasteiger partial charge in [-0.3, -0.25) is 14.4 Å². The summed E-state index contributed by atoms with van der Waals surface area (Å²) in [5, 5.41) is 10.6. The first kappa shape index (κ1) is 18.7. The highest BCUT2D eigenvalue weighted by Crippen LogP contribution is 2.32. The van der Waals surface area contributed by atoms with Crippen LogP contribution < -0.4 is 4.31 Å². The van der Waals surface area contributed by atoms with Crippen molar-refractivity contribution in [1.29, 1.82) is 0 Å². The number of hydrogen-bond donors (Lipinski definition) is 0. The monoisotopic (exact) mass is 374 g/mol. The Bertz CT molecular complexity index is 863. The number of anilines is 1. The van der Waals surface area contributed by atoms with E-state index in [1.54, 1.807) is 0 Å². The predicted octanol–water partition coefficient (Wildman–Crippen LogP) is 3.83. The van der Waals surface area contributed by atoms with E-state index in [4.69, 9.17) is 0 Å². The summed E-state index contributed by atoms with van der Waals surface area (Å²) in [6, 6.07) is 7.98. The van der Waals surface area contributed by atoms with E-state index >= 15 is 0 Å². The van der Waals surface area contributed by atoms with Gasteiger partial charge in [0.1, 0.15) is 0 Å². The molecule has 0 fully saturated rings. The molecule has 0 amide bonds. The van der Waals surface area contributed by atoms with Crippen LogP contribution in [-0.2, 0) is 16.2 Å². The molecule has 10 heteroatoms. The summed E-state index contributed by atoms with van der Waals surface area (Å²) < 4.78 is 64.1. The van der Waals surface area contributed by atoms with Crippen molar-refractivity contribution in [1.82, 2.24) is 0 Å². The molecule has 0 aromatic heterocycles. The van der Waals surface area contributed by atoms with Crippen LogP contribution in [0.3, 0.4) is 0 Å². The van der Waals surface area contributed by atoms with Gasteiger partial charge in [0, 0.05) is 18.7 Å². The fraction of sp³-hybridized carbons (Fsp3) is 0.200. The Morgan fingerprint density at radius 3 is 1.96 bits per heavy atom. The minimum Gasteiger partial charge on any atom is -0.267 e. The molecule has 0 aliphatic heterocycles. The summed E-state index contributed by atoms with van der Waals surface area (Å²) in [7, 11) is -4.07. The van der Waals surface area contributed by atoms with Crippen LogP contribution in [-0.4, -0.2) is 19.9 Å². The molecule has 25 heavy (non-hydrogen) atoms. The average molecular weight is 374 g/mol. The highest BCUT2D eigenvalue weighted by Gasteiger charge is 2.31. The van der Waals surface area contributed by atoms with Crippen molar-refractivity contribution in [3.8, 4) is 0 Å². The standard InChI is InChI=1S/C15H13F3N2O4S/c1-2-19(12-5-3-11(4-6-12)15(16,17)18)25(23,24)14-9-7-13(8-10-14)20(21)22/h3-10H,2H2,1H3. The third-order valence-electron chi connectivity index (χ3n) is 3.41. The Kier molecular flexibility index (Phi) is 5.02. The highest BCUT2D eigenvalue weighted by atomic mass is 32.2. The molecule has 0 aliphatic rings. The number of nitro groups is 1. The molecule has 2 rings (SSSR count). The highest BCUT2D eigenvalue weighted by molar-refractivity contribution is 7.92. The first-order valence-corrected chi connectivity index (χ1v) is 8.46. The van der Waals surface area contributed by atoms with Crippen molar-refractivity contribution in [2.45, 2.75) is 18.0 Å². The van der Waals surface area contributed by atoms with Crippen LogP contribution >= 0.6 is 0 Å². The molecule has 0 spiro atoms. The van der Waals surface area contributed by atoms with Gasteiger partial charge in [0.15, 0.2) is 0 Å². The van der Waals surface area contributed by atoms with Crippen molar-refractivity contribution < 1.29 is 26.5 Å². The van der Waals surface area contributed by atoms with E-state index in [-0.39, 0.29) is 22.8 Å². The summed E-state index contributed by atoms with van der Waals surface area (Å²) in [6.07, 6.45) is -4.52. The molecule has 0 unspecified atom stereocenters. The normalized spacial score (nSPS) is 12.0. The number of nitrogens with zero attached hydrogens (tertiary/aromatic N) is 2. The zero-order chi connectivity index (χ0) is 18.8. The Morgan fingerprint density at radius 1 is 1.04 bits per heavy atom. The smallest absolute Gasteiger partial charge is 0.267 e. The number of hydrogen-bond acceptors (Lipinski definition) is 4. The number of alkyl halides is 3. The lowest BCUT2D eigenvalue weighted by Gasteiger charge is -2.23. The SMILES string of the molecule is CCN(c1ccc(C(F)(F)F)cc1)S(=O)(=O)c1ccc([N+](=O)[O-])cc1. The molecule has 2 aromatic rings. The molecule has 0 atom stereocenters. The number of sulfonamides is 1. The van der Waals surface area contributed by atoms with E-state index in [1.807, 2.05) is 0 Å². The Labute approximate surface area is 141 Å². The van der Waals surface area contributed by atoms with E-state index in [9.17, 15) is 31.7 Å². The first-order chi connectivity index (χ1) is 11.6. The number of nitro benzene ring substituents is 1. The summed E-state index contributed by atoms with van der Waals surface area (Å²) >= 11 is 0. The number of rotatable bonds is 5. The lowest BCUT2D eigenvalue weighted by Crippen LogP contribution is -2.30. The molecule has 0 heterocycles. The van der Waals surface area contributed by atoms with Crippen LogP contribution in [0.2, 0.25) is 0 Å². The second-order valence-electron chi connectivity index (χ2n) is 4.97. The van der Waals surface area contributed by atoms with Crippen LogP contribution in [0.15, 0.2) is 53.4 Å². The zero-order valence-corrected chi connectivity index (χ0v) is 13.7. The van der Waals surface area contributed by atoms with Crippen molar-refractivity contribution in [2.75, 3.05) is 10.8 Å². The van der Waals surface area contributed by atoms with Crippen LogP contribution in [0.4, 0.5) is 24.5 Å². The Morgan fingerprint density at radius 2 is 1.56 bits per heavy atom. The largest absolute Gasteiger partial charge is 0.416 e. The molecular weight excluding hydrogens is 361 g/mol. The van der Waals surface area contributed by atoms with Gasteiger partial charge in [0.05, 0.1) is 21.1 Å². The summed E-state index contributed by atoms with van der Waals surface area (Å²) in [5.41, 5.74) is -1.09. The first-order valence-electron chi connectivity index (χ1n) is 7.02. The van der Waals surface area contributed by atoms with E-state index in [0.717, 1.165) is 52.8 Å². The molecule has 2 aromatic carbocycles. The molecule has 134 valence electrons. The van der Waals surface area contributed by atoms with Gasteiger partial charge < -0.3 is 0 Å². The van der Waals surface area contributed by atoms with Crippen LogP contribution in [0.5, 0.6) is 0 Å². The third-order valence-corrected chi connectivity index (χ3v) is 5.32. The number of non-ortho nitro benzene ring substituents is 1. The van der Waals surface area contributed by atoms with Gasteiger partial charge in [-0.2, -0.15) is 13.2 Å². The molecule has 0 saturated carbocycles. The molecular formula is C15H13F3N2O4S. The maximum Gasteiger partial charge on any atom is 0.416 e. The van der Waals surface area contributed by atoms with Crippen LogP contribution in [0, 0.1) is 10.1 Å². The van der Waals surface area contributed by atoms with Gasteiger partial charge in [-0.15, -0.1) is 0 Å². The Balaban J connectivity index is 2.39. The molecule has 0 aliphatic carbocycles. The molecule has 0 saturated heterocycles. The number of benzene rings is 2. The van der Waals surface area contributed by atoms with Crippen LogP contribution in [0.1, 0.15) is 12.5 Å². The molecule has 0 bridgehead atoms. The van der Waals surface area contributed by atoms with Gasteiger partial charge in [-0.05, 0) is 43.3 Å². The quantitative estimate of drug-likeness (QED) is 0.588. The van der Waals surface area contributed by atoms with Crippen molar-refractivity contribution in [3.63, 3.8) is 0 Å². The van der Waals surface area contributed by atoms with E-state index < -0.39 is 26.7 Å². The van der Waals surface area contributed by atoms with Gasteiger partial charge in [-0.25, -0.2) is 8.42 Å². The summed E-state index contributed by atoms with van der Waals surface area (Å²) in [5.74, 6) is 0. The van der Waals surface area contributed by atoms with E-state index in [2.05, 4.69) is 0 Å². The maximum absolute atomic E-state index is 12.7. The molecule has 0 radical (unpaired) electrons. The predicted molar refractivity (Wildman–Crippen MR) is 84.7 cm³/mol. The number of halogens is 3. The second kappa shape index (κ2) is 6.71. The fourth-order valence-corrected chi connectivity index (χ4v) is 3.65. The fourth-order valence-electron chi connectivity index (χ4n) is 2.18. The van der Waals surface area contributed by atoms with E-state index in [0.29, 0.717) is 0 Å². The lowest BCUT2D eigenvalue weighted by molar-refractivity contribution is -0.384. The third kappa shape index (κ3) is 3.90. The van der Waals surface area contributed by atoms with Crippen molar-refractivity contribution in [2.24, 2.45) is 0 Å². The van der Waals surface area contributed by atoms with Gasteiger partial charge >= 0.3 is 6.18 Å². The summed E-state index contributed by atoms with van der Waals surface area (Å²) in [6.45, 7) is 1.51. The Hall–Kier alpha value is -2.62. The maximum atomic E-state index is 12.7. The minimum atomic E-state index is -4.52. The van der Waals surface area contributed by atoms with Crippen LogP contribution in [0.25, 0.3) is 0 Å². The van der Waals surface area contributed by atoms with E-state index in [1.165, 1.54) is 6.92 Å². The lowest BCUT2D eigenvalue weighted by atomic mass is 10.2. The van der Waals surface area contributed by atoms with Gasteiger partial charge in [0.2, 0.25) is 0 Å². The zero-order valence-electron chi connectivity index (χ0n) is 12.9. The van der Waals surface area contributed by atoms with Crippen molar-refractivity contribution in [3.05, 3.63) is 64.2 Å². The van der Waals surface area contributed by atoms with Gasteiger partial charge in [0.25, 0.3) is 15.7 Å². The van der Waals surface area contributed by atoms with Gasteiger partial charge in [-0.1, -0.05) is 0 Å². The van der Waals surface area contributed by atoms with Crippen molar-refractivity contribution >= 4 is 21.4 Å². The minimum absolute atomic E-state index is 0.0231. The summed E-state index contributed by atoms with van der Waals surface area (Å²) in [4.78, 5) is 9.78. The average Bonchev–Trinajstić information content (AvgIpc) is 2.55. The second-order valence-corrected chi connectivity index (χ2v) is 6.83. The molecule has 0 N–H and O–H groups in total. The topological polar surface area (TPSA) is 80.5 Å². The molecule has 6 nitrogen and oxygen atoms in total.